The predicted molar refractivity (Wildman–Crippen MR) is 93.0 cm³/mol. The molecule has 2 aromatic heterocycles. The Morgan fingerprint density at radius 3 is 1.71 bits per heavy atom. The molecule has 4 aromatic rings. The predicted octanol–water partition coefficient (Wildman–Crippen LogP) is 4.81. The van der Waals surface area contributed by atoms with Gasteiger partial charge < -0.3 is 0 Å². The van der Waals surface area contributed by atoms with E-state index in [1.54, 1.807) is 0 Å². The van der Waals surface area contributed by atoms with Gasteiger partial charge >= 0.3 is 0 Å². The summed E-state index contributed by atoms with van der Waals surface area (Å²) in [7, 11) is 0. The average molecular weight is 442 g/mol. The molecule has 8 heteroatoms. The topological polar surface area (TPSA) is 51.6 Å². The molecule has 4 rings (SSSR count). The minimum absolute atomic E-state index is 0.768. The second-order valence-corrected chi connectivity index (χ2v) is 7.71. The SMILES string of the molecule is Brc1ccc(Cc2ccc(Br)c3snnc23)c2nnsc12. The van der Waals surface area contributed by atoms with E-state index in [0.717, 1.165) is 46.9 Å². The minimum Gasteiger partial charge on any atom is -0.138 e. The van der Waals surface area contributed by atoms with Crippen molar-refractivity contribution >= 4 is 75.4 Å². The number of benzene rings is 2. The summed E-state index contributed by atoms with van der Waals surface area (Å²) in [4.78, 5) is 0. The molecule has 0 amide bonds. The molecule has 0 saturated carbocycles. The van der Waals surface area contributed by atoms with Gasteiger partial charge in [-0.05, 0) is 78.2 Å². The highest BCUT2D eigenvalue weighted by atomic mass is 79.9. The van der Waals surface area contributed by atoms with Crippen molar-refractivity contribution in [3.8, 4) is 0 Å². The average Bonchev–Trinajstić information content (AvgIpc) is 3.14. The monoisotopic (exact) mass is 440 g/mol. The van der Waals surface area contributed by atoms with Gasteiger partial charge in [-0.25, -0.2) is 0 Å². The van der Waals surface area contributed by atoms with E-state index >= 15 is 0 Å². The lowest BCUT2D eigenvalue weighted by Crippen LogP contribution is -1.92. The maximum atomic E-state index is 4.26. The molecule has 0 radical (unpaired) electrons. The molecule has 0 unspecified atom stereocenters. The fraction of sp³-hybridized carbons (Fsp3) is 0.0769. The molecule has 0 atom stereocenters. The number of hydrogen-bond acceptors (Lipinski definition) is 6. The lowest BCUT2D eigenvalue weighted by Gasteiger charge is -2.05. The van der Waals surface area contributed by atoms with Crippen molar-refractivity contribution in [2.75, 3.05) is 0 Å². The molecule has 0 saturated heterocycles. The normalized spacial score (nSPS) is 11.5. The van der Waals surface area contributed by atoms with Gasteiger partial charge in [0.15, 0.2) is 0 Å². The van der Waals surface area contributed by atoms with Gasteiger partial charge in [-0.1, -0.05) is 21.1 Å². The van der Waals surface area contributed by atoms with E-state index in [2.05, 4.69) is 63.2 Å². The van der Waals surface area contributed by atoms with E-state index in [0.29, 0.717) is 0 Å². The first-order valence-corrected chi connectivity index (χ1v) is 9.16. The van der Waals surface area contributed by atoms with Crippen LogP contribution >= 0.6 is 54.9 Å². The van der Waals surface area contributed by atoms with Crippen LogP contribution in [0.2, 0.25) is 0 Å². The number of aromatic nitrogens is 4. The number of fused-ring (bicyclic) bond motifs is 2. The van der Waals surface area contributed by atoms with Crippen LogP contribution in [0.5, 0.6) is 0 Å². The van der Waals surface area contributed by atoms with Gasteiger partial charge in [-0.3, -0.25) is 0 Å². The largest absolute Gasteiger partial charge is 0.138 e. The Kier molecular flexibility index (Phi) is 3.49. The summed E-state index contributed by atoms with van der Waals surface area (Å²) < 4.78 is 12.3. The van der Waals surface area contributed by atoms with Crippen LogP contribution in [0.15, 0.2) is 33.2 Å². The second-order valence-electron chi connectivity index (χ2n) is 4.49. The Labute approximate surface area is 144 Å². The third-order valence-corrected chi connectivity index (χ3v) is 6.63. The van der Waals surface area contributed by atoms with E-state index in [9.17, 15) is 0 Å². The Hall–Kier alpha value is -0.960. The van der Waals surface area contributed by atoms with Gasteiger partial charge in [0.2, 0.25) is 0 Å². The molecule has 2 aromatic carbocycles. The maximum Gasteiger partial charge on any atom is 0.110 e. The quantitative estimate of drug-likeness (QED) is 0.447. The van der Waals surface area contributed by atoms with Crippen LogP contribution in [0.25, 0.3) is 20.4 Å². The number of hydrogen-bond donors (Lipinski definition) is 0. The van der Waals surface area contributed by atoms with Gasteiger partial charge in [0.1, 0.15) is 11.0 Å². The third-order valence-electron chi connectivity index (χ3n) is 3.26. The molecule has 21 heavy (non-hydrogen) atoms. The molecule has 0 N–H and O–H groups in total. The van der Waals surface area contributed by atoms with Crippen LogP contribution in [-0.4, -0.2) is 19.2 Å². The first-order valence-electron chi connectivity index (χ1n) is 6.03. The maximum absolute atomic E-state index is 4.26. The highest BCUT2D eigenvalue weighted by molar-refractivity contribution is 9.11. The van der Waals surface area contributed by atoms with Gasteiger partial charge in [-0.15, -0.1) is 10.2 Å². The van der Waals surface area contributed by atoms with Crippen LogP contribution in [0.4, 0.5) is 0 Å². The van der Waals surface area contributed by atoms with Crippen molar-refractivity contribution in [1.29, 1.82) is 0 Å². The summed E-state index contributed by atoms with van der Waals surface area (Å²) in [5.74, 6) is 0. The van der Waals surface area contributed by atoms with Crippen LogP contribution < -0.4 is 0 Å². The lowest BCUT2D eigenvalue weighted by molar-refractivity contribution is 1.13. The van der Waals surface area contributed by atoms with E-state index in [-0.39, 0.29) is 0 Å². The zero-order chi connectivity index (χ0) is 14.4. The van der Waals surface area contributed by atoms with Gasteiger partial charge in [0.05, 0.1) is 9.40 Å². The fourth-order valence-electron chi connectivity index (χ4n) is 2.26. The molecule has 0 spiro atoms. The first-order chi connectivity index (χ1) is 10.2. The van der Waals surface area contributed by atoms with Crippen LogP contribution in [0.1, 0.15) is 11.1 Å². The van der Waals surface area contributed by atoms with Gasteiger partial charge in [0.25, 0.3) is 0 Å². The van der Waals surface area contributed by atoms with Gasteiger partial charge in [-0.2, -0.15) is 0 Å². The Balaban J connectivity index is 1.87. The molecule has 4 nitrogen and oxygen atoms in total. The van der Waals surface area contributed by atoms with Crippen molar-refractivity contribution in [3.63, 3.8) is 0 Å². The van der Waals surface area contributed by atoms with Crippen LogP contribution in [0, 0.1) is 0 Å². The van der Waals surface area contributed by atoms with E-state index in [4.69, 9.17) is 0 Å². The molecule has 0 aliphatic rings. The zero-order valence-corrected chi connectivity index (χ0v) is 15.2. The number of nitrogens with zero attached hydrogens (tertiary/aromatic N) is 4. The molecule has 0 fully saturated rings. The zero-order valence-electron chi connectivity index (χ0n) is 10.4. The standard InChI is InChI=1S/C13H6Br2N4S2/c14-8-3-1-6(10-12(8)20-18-16-10)5-7-2-4-9(15)13-11(7)17-19-21-13/h1-4H,5H2. The minimum atomic E-state index is 0.768. The highest BCUT2D eigenvalue weighted by Crippen LogP contribution is 2.32. The lowest BCUT2D eigenvalue weighted by atomic mass is 10.0. The molecule has 104 valence electrons. The molecule has 2 heterocycles. The van der Waals surface area contributed by atoms with Crippen LogP contribution in [0.3, 0.4) is 0 Å². The summed E-state index contributed by atoms with van der Waals surface area (Å²) in [6, 6.07) is 8.27. The first kappa shape index (κ1) is 13.7. The van der Waals surface area contributed by atoms with E-state index in [1.165, 1.54) is 23.1 Å². The van der Waals surface area contributed by atoms with E-state index in [1.807, 2.05) is 12.1 Å². The van der Waals surface area contributed by atoms with Crippen molar-refractivity contribution < 1.29 is 0 Å². The Bertz CT molecular complexity index is 885. The van der Waals surface area contributed by atoms with Crippen LogP contribution in [-0.2, 0) is 6.42 Å². The summed E-state index contributed by atoms with van der Waals surface area (Å²) in [5, 5.41) is 8.51. The molecular formula is C13H6Br2N4S2. The van der Waals surface area contributed by atoms with E-state index < -0.39 is 0 Å². The second kappa shape index (κ2) is 5.35. The number of halogens is 2. The van der Waals surface area contributed by atoms with Crippen molar-refractivity contribution in [2.24, 2.45) is 0 Å². The molecule has 0 aliphatic carbocycles. The molecule has 0 aliphatic heterocycles. The Morgan fingerprint density at radius 2 is 1.24 bits per heavy atom. The summed E-state index contributed by atoms with van der Waals surface area (Å²) in [6.07, 6.45) is 0.768. The fourth-order valence-corrected chi connectivity index (χ4v) is 4.57. The number of rotatable bonds is 2. The Morgan fingerprint density at radius 1 is 0.762 bits per heavy atom. The van der Waals surface area contributed by atoms with Crippen molar-refractivity contribution in [3.05, 3.63) is 44.3 Å². The third kappa shape index (κ3) is 2.30. The molecular weight excluding hydrogens is 436 g/mol. The summed E-state index contributed by atoms with van der Waals surface area (Å²) >= 11 is 9.89. The smallest absolute Gasteiger partial charge is 0.110 e. The van der Waals surface area contributed by atoms with Crippen molar-refractivity contribution in [1.82, 2.24) is 19.2 Å². The molecule has 0 bridgehead atoms. The summed E-state index contributed by atoms with van der Waals surface area (Å²) in [5.41, 5.74) is 4.21. The van der Waals surface area contributed by atoms with Gasteiger partial charge in [0, 0.05) is 15.4 Å². The summed E-state index contributed by atoms with van der Waals surface area (Å²) in [6.45, 7) is 0. The van der Waals surface area contributed by atoms with Crippen molar-refractivity contribution in [2.45, 2.75) is 6.42 Å². The highest BCUT2D eigenvalue weighted by Gasteiger charge is 2.13.